The van der Waals surface area contributed by atoms with Crippen molar-refractivity contribution in [2.45, 2.75) is 6.92 Å². The van der Waals surface area contributed by atoms with E-state index in [1.54, 1.807) is 16.5 Å². The molecule has 0 fully saturated rings. The minimum atomic E-state index is -0.241. The Bertz CT molecular complexity index is 863. The maximum atomic E-state index is 12.6. The quantitative estimate of drug-likeness (QED) is 0.807. The van der Waals surface area contributed by atoms with Crippen LogP contribution < -0.4 is 16.0 Å². The molecule has 2 N–H and O–H groups in total. The minimum Gasteiger partial charge on any atom is -0.494 e. The second kappa shape index (κ2) is 5.44. The number of anilines is 1. The van der Waals surface area contributed by atoms with E-state index in [9.17, 15) is 4.79 Å². The van der Waals surface area contributed by atoms with E-state index in [0.717, 1.165) is 11.4 Å². The summed E-state index contributed by atoms with van der Waals surface area (Å²) >= 11 is 0. The molecular formula is C17H17N3O2. The Kier molecular flexibility index (Phi) is 3.47. The summed E-state index contributed by atoms with van der Waals surface area (Å²) in [6, 6.07) is 16.9. The Morgan fingerprint density at radius 2 is 1.59 bits per heavy atom. The summed E-state index contributed by atoms with van der Waals surface area (Å²) in [5.41, 5.74) is 8.16. The molecule has 1 heterocycles. The molecular weight excluding hydrogens is 278 g/mol. The molecule has 3 aromatic rings. The number of aromatic nitrogens is 2. The van der Waals surface area contributed by atoms with Gasteiger partial charge in [0.25, 0.3) is 5.56 Å². The summed E-state index contributed by atoms with van der Waals surface area (Å²) in [5, 5.41) is 0. The molecule has 3 rings (SSSR count). The van der Waals surface area contributed by atoms with Crippen molar-refractivity contribution in [3.05, 3.63) is 70.6 Å². The lowest BCUT2D eigenvalue weighted by Gasteiger charge is -2.16. The summed E-state index contributed by atoms with van der Waals surface area (Å²) < 4.78 is 8.76. The predicted molar refractivity (Wildman–Crippen MR) is 87.1 cm³/mol. The maximum Gasteiger partial charge on any atom is 0.295 e. The molecule has 0 spiro atoms. The Morgan fingerprint density at radius 3 is 2.27 bits per heavy atom. The Hall–Kier alpha value is -2.95. The summed E-state index contributed by atoms with van der Waals surface area (Å²) in [6.45, 7) is 1.82. The highest BCUT2D eigenvalue weighted by Crippen LogP contribution is 2.26. The van der Waals surface area contributed by atoms with E-state index in [1.807, 2.05) is 61.5 Å². The monoisotopic (exact) mass is 295 g/mol. The molecule has 0 atom stereocenters. The van der Waals surface area contributed by atoms with Gasteiger partial charge >= 0.3 is 0 Å². The van der Waals surface area contributed by atoms with Gasteiger partial charge in [-0.25, -0.2) is 9.36 Å². The minimum absolute atomic E-state index is 0.231. The number of hydrogen-bond donors (Lipinski definition) is 1. The van der Waals surface area contributed by atoms with Gasteiger partial charge in [0, 0.05) is 0 Å². The third-order valence-electron chi connectivity index (χ3n) is 3.64. The average Bonchev–Trinajstić information content (AvgIpc) is 2.79. The summed E-state index contributed by atoms with van der Waals surface area (Å²) in [4.78, 5) is 12.6. The van der Waals surface area contributed by atoms with E-state index in [2.05, 4.69) is 0 Å². The van der Waals surface area contributed by atoms with Crippen LogP contribution in [0.3, 0.4) is 0 Å². The van der Waals surface area contributed by atoms with Crippen LogP contribution in [0.4, 0.5) is 5.69 Å². The molecule has 5 heteroatoms. The van der Waals surface area contributed by atoms with Crippen molar-refractivity contribution >= 4 is 5.69 Å². The Balaban J connectivity index is 2.38. The van der Waals surface area contributed by atoms with Crippen LogP contribution in [0.25, 0.3) is 11.4 Å². The molecule has 0 aliphatic carbocycles. The molecule has 0 saturated carbocycles. The van der Waals surface area contributed by atoms with E-state index in [4.69, 9.17) is 10.5 Å². The van der Waals surface area contributed by atoms with Crippen LogP contribution in [0.15, 0.2) is 59.4 Å². The normalized spacial score (nSPS) is 10.6. The average molecular weight is 295 g/mol. The molecule has 1 aromatic heterocycles. The highest BCUT2D eigenvalue weighted by Gasteiger charge is 2.19. The summed E-state index contributed by atoms with van der Waals surface area (Å²) in [5.74, 6) is 0.672. The molecule has 22 heavy (non-hydrogen) atoms. The number of methoxy groups -OCH3 is 1. The van der Waals surface area contributed by atoms with Crippen molar-refractivity contribution in [1.82, 2.24) is 9.36 Å². The van der Waals surface area contributed by atoms with E-state index in [0.29, 0.717) is 11.4 Å². The van der Waals surface area contributed by atoms with Gasteiger partial charge in [0.1, 0.15) is 17.1 Å². The van der Waals surface area contributed by atoms with Gasteiger partial charge in [-0.2, -0.15) is 0 Å². The molecule has 112 valence electrons. The first kappa shape index (κ1) is 14.0. The van der Waals surface area contributed by atoms with Gasteiger partial charge in [-0.1, -0.05) is 30.3 Å². The van der Waals surface area contributed by atoms with Crippen molar-refractivity contribution in [3.63, 3.8) is 0 Å². The first-order valence-corrected chi connectivity index (χ1v) is 6.94. The number of benzene rings is 2. The van der Waals surface area contributed by atoms with E-state index in [-0.39, 0.29) is 11.2 Å². The Labute approximate surface area is 128 Å². The highest BCUT2D eigenvalue weighted by molar-refractivity contribution is 5.54. The second-order valence-corrected chi connectivity index (χ2v) is 4.94. The van der Waals surface area contributed by atoms with E-state index in [1.165, 1.54) is 0 Å². The van der Waals surface area contributed by atoms with Gasteiger partial charge in [0.2, 0.25) is 0 Å². The molecule has 0 amide bonds. The fraction of sp³-hybridized carbons (Fsp3) is 0.118. The van der Waals surface area contributed by atoms with Crippen molar-refractivity contribution in [3.8, 4) is 17.1 Å². The molecule has 0 aliphatic rings. The maximum absolute atomic E-state index is 12.6. The van der Waals surface area contributed by atoms with Crippen LogP contribution in [0, 0.1) is 6.92 Å². The van der Waals surface area contributed by atoms with Gasteiger partial charge in [0.15, 0.2) is 0 Å². The number of nitrogens with two attached hydrogens (primary N) is 1. The number of rotatable bonds is 3. The number of para-hydroxylation sites is 3. The van der Waals surface area contributed by atoms with Crippen LogP contribution in [0.2, 0.25) is 0 Å². The molecule has 5 nitrogen and oxygen atoms in total. The van der Waals surface area contributed by atoms with Crippen molar-refractivity contribution in [1.29, 1.82) is 0 Å². The number of nitrogens with zero attached hydrogens (tertiary/aromatic N) is 2. The number of hydrogen-bond acceptors (Lipinski definition) is 3. The zero-order valence-electron chi connectivity index (χ0n) is 12.5. The summed E-state index contributed by atoms with van der Waals surface area (Å²) in [7, 11) is 1.60. The third-order valence-corrected chi connectivity index (χ3v) is 3.64. The van der Waals surface area contributed by atoms with Crippen molar-refractivity contribution in [2.24, 2.45) is 0 Å². The number of ether oxygens (including phenoxy) is 1. The third kappa shape index (κ3) is 2.07. The van der Waals surface area contributed by atoms with Gasteiger partial charge in [-0.3, -0.25) is 4.79 Å². The van der Waals surface area contributed by atoms with Crippen LogP contribution >= 0.6 is 0 Å². The van der Waals surface area contributed by atoms with Gasteiger partial charge in [0.05, 0.1) is 18.5 Å². The lowest BCUT2D eigenvalue weighted by molar-refractivity contribution is 0.410. The van der Waals surface area contributed by atoms with Crippen LogP contribution in [-0.4, -0.2) is 16.5 Å². The topological polar surface area (TPSA) is 62.2 Å². The van der Waals surface area contributed by atoms with Gasteiger partial charge in [-0.15, -0.1) is 0 Å². The van der Waals surface area contributed by atoms with Crippen LogP contribution in [0.1, 0.15) is 5.69 Å². The predicted octanol–water partition coefficient (Wildman–Crippen LogP) is 2.53. The van der Waals surface area contributed by atoms with Crippen LogP contribution in [-0.2, 0) is 0 Å². The van der Waals surface area contributed by atoms with Gasteiger partial charge in [-0.05, 0) is 31.2 Å². The SMILES string of the molecule is COc1ccccc1-n1c(C)c(N)c(=O)n1-c1ccccc1. The van der Waals surface area contributed by atoms with E-state index >= 15 is 0 Å². The van der Waals surface area contributed by atoms with Crippen molar-refractivity contribution < 1.29 is 4.74 Å². The molecule has 0 aliphatic heterocycles. The standard InChI is InChI=1S/C17H17N3O2/c1-12-16(18)17(21)20(13-8-4-3-5-9-13)19(12)14-10-6-7-11-15(14)22-2/h3-11H,18H2,1-2H3. The lowest BCUT2D eigenvalue weighted by atomic mass is 10.3. The second-order valence-electron chi connectivity index (χ2n) is 4.94. The van der Waals surface area contributed by atoms with Gasteiger partial charge < -0.3 is 10.5 Å². The Morgan fingerprint density at radius 1 is 0.955 bits per heavy atom. The molecule has 0 bridgehead atoms. The zero-order valence-corrected chi connectivity index (χ0v) is 12.5. The van der Waals surface area contributed by atoms with Crippen LogP contribution in [0.5, 0.6) is 5.75 Å². The van der Waals surface area contributed by atoms with Crippen molar-refractivity contribution in [2.75, 3.05) is 12.8 Å². The fourth-order valence-corrected chi connectivity index (χ4v) is 2.52. The smallest absolute Gasteiger partial charge is 0.295 e. The largest absolute Gasteiger partial charge is 0.494 e. The zero-order chi connectivity index (χ0) is 15.7. The lowest BCUT2D eigenvalue weighted by Crippen LogP contribution is -2.21. The fourth-order valence-electron chi connectivity index (χ4n) is 2.52. The highest BCUT2D eigenvalue weighted by atomic mass is 16.5. The molecule has 0 saturated heterocycles. The first-order valence-electron chi connectivity index (χ1n) is 6.94. The summed E-state index contributed by atoms with van der Waals surface area (Å²) in [6.07, 6.45) is 0. The molecule has 0 unspecified atom stereocenters. The first-order chi connectivity index (χ1) is 10.6. The number of nitrogen functional groups attached to an aromatic ring is 1. The molecule has 0 radical (unpaired) electrons. The molecule has 2 aromatic carbocycles. The van der Waals surface area contributed by atoms with E-state index < -0.39 is 0 Å².